The van der Waals surface area contributed by atoms with Crippen LogP contribution in [0.15, 0.2) is 53.4 Å². The molecule has 4 nitrogen and oxygen atoms in total. The Bertz CT molecular complexity index is 767. The van der Waals surface area contributed by atoms with Crippen LogP contribution in [0.25, 0.3) is 0 Å². The normalized spacial score (nSPS) is 11.2. The number of hydrogen-bond acceptors (Lipinski definition) is 3. The van der Waals surface area contributed by atoms with Gasteiger partial charge in [-0.15, -0.1) is 0 Å². The maximum absolute atomic E-state index is 12.7. The summed E-state index contributed by atoms with van der Waals surface area (Å²) in [5.41, 5.74) is 1.58. The first kappa shape index (κ1) is 15.3. The lowest BCUT2D eigenvalue weighted by Gasteiger charge is -2.21. The molecule has 2 aromatic carbocycles. The van der Waals surface area contributed by atoms with Crippen LogP contribution in [0.3, 0.4) is 0 Å². The van der Waals surface area contributed by atoms with Gasteiger partial charge in [-0.3, -0.25) is 9.10 Å². The minimum atomic E-state index is -3.70. The van der Waals surface area contributed by atoms with E-state index in [-0.39, 0.29) is 10.7 Å². The van der Waals surface area contributed by atoms with Gasteiger partial charge in [0.1, 0.15) is 0 Å². The molecule has 0 N–H and O–H groups in total. The fourth-order valence-electron chi connectivity index (χ4n) is 2.02. The highest BCUT2D eigenvalue weighted by molar-refractivity contribution is 7.92. The first-order chi connectivity index (χ1) is 9.84. The first-order valence-electron chi connectivity index (χ1n) is 6.49. The van der Waals surface area contributed by atoms with E-state index in [1.54, 1.807) is 43.3 Å². The monoisotopic (exact) mass is 303 g/mol. The van der Waals surface area contributed by atoms with Gasteiger partial charge in [-0.25, -0.2) is 8.42 Å². The van der Waals surface area contributed by atoms with Crippen LogP contribution in [-0.4, -0.2) is 21.2 Å². The molecule has 110 valence electrons. The molecule has 0 saturated heterocycles. The van der Waals surface area contributed by atoms with Crippen molar-refractivity contribution in [2.24, 2.45) is 0 Å². The SMILES string of the molecule is CC(=O)c1ccc(C)c(S(=O)(=O)N(C)c2ccccc2)c1. The number of benzene rings is 2. The highest BCUT2D eigenvalue weighted by atomic mass is 32.2. The van der Waals surface area contributed by atoms with E-state index in [4.69, 9.17) is 0 Å². The molecule has 0 aliphatic carbocycles. The average Bonchev–Trinajstić information content (AvgIpc) is 2.47. The van der Waals surface area contributed by atoms with Crippen LogP contribution in [0.1, 0.15) is 22.8 Å². The molecule has 0 aliphatic rings. The largest absolute Gasteiger partial charge is 0.295 e. The molecule has 0 aliphatic heterocycles. The maximum Gasteiger partial charge on any atom is 0.264 e. The number of sulfonamides is 1. The third-order valence-electron chi connectivity index (χ3n) is 3.35. The molecular formula is C16H17NO3S. The quantitative estimate of drug-likeness (QED) is 0.816. The Kier molecular flexibility index (Phi) is 4.14. The summed E-state index contributed by atoms with van der Waals surface area (Å²) in [6, 6.07) is 13.6. The van der Waals surface area contributed by atoms with Crippen LogP contribution < -0.4 is 4.31 Å². The zero-order valence-corrected chi connectivity index (χ0v) is 13.0. The van der Waals surface area contributed by atoms with Crippen molar-refractivity contribution < 1.29 is 13.2 Å². The van der Waals surface area contributed by atoms with Gasteiger partial charge in [0.05, 0.1) is 10.6 Å². The molecule has 2 rings (SSSR count). The van der Waals surface area contributed by atoms with Crippen LogP contribution in [0.4, 0.5) is 5.69 Å². The van der Waals surface area contributed by atoms with E-state index >= 15 is 0 Å². The first-order valence-corrected chi connectivity index (χ1v) is 7.93. The lowest BCUT2D eigenvalue weighted by Crippen LogP contribution is -2.27. The van der Waals surface area contributed by atoms with Crippen LogP contribution in [0, 0.1) is 6.92 Å². The number of nitrogens with zero attached hydrogens (tertiary/aromatic N) is 1. The molecule has 0 amide bonds. The van der Waals surface area contributed by atoms with E-state index in [0.717, 1.165) is 0 Å². The Hall–Kier alpha value is -2.14. The van der Waals surface area contributed by atoms with Crippen molar-refractivity contribution in [3.8, 4) is 0 Å². The van der Waals surface area contributed by atoms with E-state index < -0.39 is 10.0 Å². The van der Waals surface area contributed by atoms with Crippen LogP contribution in [0.5, 0.6) is 0 Å². The Morgan fingerprint density at radius 1 is 1.05 bits per heavy atom. The van der Waals surface area contributed by atoms with Gasteiger partial charge in [0.2, 0.25) is 0 Å². The van der Waals surface area contributed by atoms with Gasteiger partial charge in [0, 0.05) is 12.6 Å². The Balaban J connectivity index is 2.54. The van der Waals surface area contributed by atoms with E-state index in [1.165, 1.54) is 24.3 Å². The minimum absolute atomic E-state index is 0.154. The van der Waals surface area contributed by atoms with Crippen molar-refractivity contribution in [1.29, 1.82) is 0 Å². The van der Waals surface area contributed by atoms with Crippen molar-refractivity contribution in [2.45, 2.75) is 18.7 Å². The lowest BCUT2D eigenvalue weighted by atomic mass is 10.1. The number of aryl methyl sites for hydroxylation is 1. The summed E-state index contributed by atoms with van der Waals surface area (Å²) < 4.78 is 26.7. The van der Waals surface area contributed by atoms with E-state index in [1.807, 2.05) is 6.07 Å². The second-order valence-electron chi connectivity index (χ2n) is 4.84. The molecule has 0 atom stereocenters. The smallest absolute Gasteiger partial charge is 0.264 e. The zero-order valence-electron chi connectivity index (χ0n) is 12.2. The lowest BCUT2D eigenvalue weighted by molar-refractivity contribution is 0.101. The van der Waals surface area contributed by atoms with Crippen molar-refractivity contribution in [1.82, 2.24) is 0 Å². The Labute approximate surface area is 125 Å². The standard InChI is InChI=1S/C16H17NO3S/c1-12-9-10-14(13(2)18)11-16(12)21(19,20)17(3)15-7-5-4-6-8-15/h4-11H,1-3H3. The molecule has 0 bridgehead atoms. The van der Waals surface area contributed by atoms with E-state index in [0.29, 0.717) is 16.8 Å². The average molecular weight is 303 g/mol. The summed E-state index contributed by atoms with van der Waals surface area (Å²) >= 11 is 0. The number of para-hydroxylation sites is 1. The van der Waals surface area contributed by atoms with Gasteiger partial charge in [-0.1, -0.05) is 30.3 Å². The Morgan fingerprint density at radius 2 is 1.67 bits per heavy atom. The molecule has 5 heteroatoms. The number of carbonyl (C=O) groups is 1. The molecule has 0 heterocycles. The van der Waals surface area contributed by atoms with Crippen molar-refractivity contribution in [3.05, 3.63) is 59.7 Å². The van der Waals surface area contributed by atoms with Gasteiger partial charge in [-0.2, -0.15) is 0 Å². The van der Waals surface area contributed by atoms with Gasteiger partial charge in [-0.05, 0) is 37.6 Å². The van der Waals surface area contributed by atoms with Crippen molar-refractivity contribution in [3.63, 3.8) is 0 Å². The molecular weight excluding hydrogens is 286 g/mol. The van der Waals surface area contributed by atoms with Crippen LogP contribution in [0.2, 0.25) is 0 Å². The number of ketones is 1. The second-order valence-corrected chi connectivity index (χ2v) is 6.78. The molecule has 0 unspecified atom stereocenters. The fourth-order valence-corrected chi connectivity index (χ4v) is 3.47. The molecule has 0 radical (unpaired) electrons. The second kappa shape index (κ2) is 5.69. The highest BCUT2D eigenvalue weighted by Gasteiger charge is 2.23. The summed E-state index contributed by atoms with van der Waals surface area (Å²) in [5, 5.41) is 0. The number of hydrogen-bond donors (Lipinski definition) is 0. The third-order valence-corrected chi connectivity index (χ3v) is 5.28. The molecule has 0 saturated carbocycles. The minimum Gasteiger partial charge on any atom is -0.295 e. The van der Waals surface area contributed by atoms with Gasteiger partial charge in [0.15, 0.2) is 5.78 Å². The molecule has 0 fully saturated rings. The molecule has 2 aromatic rings. The molecule has 0 aromatic heterocycles. The number of anilines is 1. The summed E-state index contributed by atoms with van der Waals surface area (Å²) in [4.78, 5) is 11.6. The fraction of sp³-hybridized carbons (Fsp3) is 0.188. The third kappa shape index (κ3) is 2.97. The summed E-state index contributed by atoms with van der Waals surface area (Å²) in [6.07, 6.45) is 0. The van der Waals surface area contributed by atoms with Crippen LogP contribution >= 0.6 is 0 Å². The van der Waals surface area contributed by atoms with Gasteiger partial charge < -0.3 is 0 Å². The van der Waals surface area contributed by atoms with E-state index in [9.17, 15) is 13.2 Å². The topological polar surface area (TPSA) is 54.5 Å². The van der Waals surface area contributed by atoms with Crippen molar-refractivity contribution >= 4 is 21.5 Å². The van der Waals surface area contributed by atoms with Crippen molar-refractivity contribution in [2.75, 3.05) is 11.4 Å². The maximum atomic E-state index is 12.7. The highest BCUT2D eigenvalue weighted by Crippen LogP contribution is 2.25. The number of rotatable bonds is 4. The van der Waals surface area contributed by atoms with Gasteiger partial charge in [0.25, 0.3) is 10.0 Å². The van der Waals surface area contributed by atoms with Gasteiger partial charge >= 0.3 is 0 Å². The predicted molar refractivity (Wildman–Crippen MR) is 83.2 cm³/mol. The molecule has 21 heavy (non-hydrogen) atoms. The summed E-state index contributed by atoms with van der Waals surface area (Å²) in [7, 11) is -2.19. The predicted octanol–water partition coefficient (Wildman–Crippen LogP) is 3.02. The number of Topliss-reactive ketones (excluding diaryl/α,β-unsaturated/α-hetero) is 1. The molecule has 0 spiro atoms. The zero-order chi connectivity index (χ0) is 15.6. The summed E-state index contributed by atoms with van der Waals surface area (Å²) in [6.45, 7) is 3.14. The van der Waals surface area contributed by atoms with Crippen LogP contribution in [-0.2, 0) is 10.0 Å². The Morgan fingerprint density at radius 3 is 2.24 bits per heavy atom. The van der Waals surface area contributed by atoms with E-state index in [2.05, 4.69) is 0 Å². The number of carbonyl (C=O) groups excluding carboxylic acids is 1. The summed E-state index contributed by atoms with van der Waals surface area (Å²) in [5.74, 6) is -0.159.